The Bertz CT molecular complexity index is 317. The molecule has 1 rings (SSSR count). The zero-order chi connectivity index (χ0) is 10.0. The first kappa shape index (κ1) is 11.4. The normalized spacial score (nSPS) is 10.8. The van der Waals surface area contributed by atoms with E-state index in [-0.39, 0.29) is 5.78 Å². The topological polar surface area (TPSA) is 17.1 Å². The average molecular weight is 326 g/mol. The van der Waals surface area contributed by atoms with Gasteiger partial charge in [-0.05, 0) is 37.8 Å². The van der Waals surface area contributed by atoms with Crippen LogP contribution in [-0.4, -0.2) is 5.78 Å². The molecule has 13 heavy (non-hydrogen) atoms. The summed E-state index contributed by atoms with van der Waals surface area (Å²) in [7, 11) is 0. The first-order valence-corrected chi connectivity index (χ1v) is 6.44. The standard InChI is InChI=1S/C9H10Br2OS/c1-5(2)3-7(12)9-8(11)6(10)4-13-9/h4-5H,3H2,1-2H3. The number of hydrogen-bond donors (Lipinski definition) is 0. The molecular formula is C9H10Br2OS. The van der Waals surface area contributed by atoms with E-state index >= 15 is 0 Å². The van der Waals surface area contributed by atoms with Crippen molar-refractivity contribution in [2.45, 2.75) is 20.3 Å². The lowest BCUT2D eigenvalue weighted by Gasteiger charge is -2.01. The van der Waals surface area contributed by atoms with Gasteiger partial charge in [0.2, 0.25) is 0 Å². The summed E-state index contributed by atoms with van der Waals surface area (Å²) in [4.78, 5) is 12.5. The molecule has 0 aromatic carbocycles. The van der Waals surface area contributed by atoms with Crippen LogP contribution in [0.25, 0.3) is 0 Å². The van der Waals surface area contributed by atoms with E-state index in [4.69, 9.17) is 0 Å². The van der Waals surface area contributed by atoms with Crippen molar-refractivity contribution in [1.82, 2.24) is 0 Å². The minimum atomic E-state index is 0.220. The summed E-state index contributed by atoms with van der Waals surface area (Å²) in [5.41, 5.74) is 0. The van der Waals surface area contributed by atoms with Gasteiger partial charge in [-0.2, -0.15) is 0 Å². The highest BCUT2D eigenvalue weighted by Gasteiger charge is 2.15. The molecule has 1 aromatic heterocycles. The van der Waals surface area contributed by atoms with Crippen LogP contribution in [0.5, 0.6) is 0 Å². The van der Waals surface area contributed by atoms with Crippen molar-refractivity contribution in [3.63, 3.8) is 0 Å². The van der Waals surface area contributed by atoms with E-state index in [1.165, 1.54) is 11.3 Å². The van der Waals surface area contributed by atoms with Gasteiger partial charge in [-0.25, -0.2) is 0 Å². The first-order valence-electron chi connectivity index (χ1n) is 3.98. The van der Waals surface area contributed by atoms with Gasteiger partial charge in [0.25, 0.3) is 0 Å². The highest BCUT2D eigenvalue weighted by Crippen LogP contribution is 2.33. The van der Waals surface area contributed by atoms with E-state index in [0.29, 0.717) is 12.3 Å². The third-order valence-corrected chi connectivity index (χ3v) is 5.10. The number of ketones is 1. The molecule has 0 amide bonds. The van der Waals surface area contributed by atoms with Crippen molar-refractivity contribution in [3.05, 3.63) is 19.2 Å². The van der Waals surface area contributed by atoms with E-state index in [9.17, 15) is 4.79 Å². The van der Waals surface area contributed by atoms with Crippen LogP contribution < -0.4 is 0 Å². The largest absolute Gasteiger partial charge is 0.293 e. The summed E-state index contributed by atoms with van der Waals surface area (Å²) in [6.45, 7) is 4.10. The van der Waals surface area contributed by atoms with Gasteiger partial charge in [0, 0.05) is 16.3 Å². The van der Waals surface area contributed by atoms with Crippen molar-refractivity contribution in [3.8, 4) is 0 Å². The number of thiophene rings is 1. The molecule has 1 nitrogen and oxygen atoms in total. The Balaban J connectivity index is 2.83. The Labute approximate surface area is 98.8 Å². The lowest BCUT2D eigenvalue weighted by atomic mass is 10.1. The molecule has 0 saturated heterocycles. The zero-order valence-electron chi connectivity index (χ0n) is 7.43. The van der Waals surface area contributed by atoms with Crippen LogP contribution in [0, 0.1) is 5.92 Å². The third-order valence-electron chi connectivity index (χ3n) is 1.54. The first-order chi connectivity index (χ1) is 6.02. The average Bonchev–Trinajstić information content (AvgIpc) is 2.31. The number of Topliss-reactive ketones (excluding diaryl/α,β-unsaturated/α-hetero) is 1. The second kappa shape index (κ2) is 4.71. The predicted octanol–water partition coefficient (Wildman–Crippen LogP) is 4.50. The molecule has 1 heterocycles. The molecule has 0 atom stereocenters. The molecule has 0 saturated carbocycles. The van der Waals surface area contributed by atoms with Gasteiger partial charge >= 0.3 is 0 Å². The Hall–Kier alpha value is 0.330. The Morgan fingerprint density at radius 1 is 1.54 bits per heavy atom. The monoisotopic (exact) mass is 324 g/mol. The SMILES string of the molecule is CC(C)CC(=O)c1scc(Br)c1Br. The van der Waals surface area contributed by atoms with Gasteiger partial charge in [0.15, 0.2) is 5.78 Å². The lowest BCUT2D eigenvalue weighted by Crippen LogP contribution is -2.01. The van der Waals surface area contributed by atoms with E-state index in [1.54, 1.807) is 0 Å². The van der Waals surface area contributed by atoms with E-state index in [1.807, 2.05) is 5.38 Å². The predicted molar refractivity (Wildman–Crippen MR) is 63.5 cm³/mol. The van der Waals surface area contributed by atoms with E-state index in [2.05, 4.69) is 45.7 Å². The molecule has 0 aliphatic heterocycles. The van der Waals surface area contributed by atoms with Crippen molar-refractivity contribution in [2.75, 3.05) is 0 Å². The molecule has 0 aliphatic rings. The van der Waals surface area contributed by atoms with Crippen LogP contribution in [-0.2, 0) is 0 Å². The van der Waals surface area contributed by atoms with Crippen LogP contribution in [0.3, 0.4) is 0 Å². The highest BCUT2D eigenvalue weighted by molar-refractivity contribution is 9.13. The van der Waals surface area contributed by atoms with Crippen LogP contribution in [0.2, 0.25) is 0 Å². The van der Waals surface area contributed by atoms with Gasteiger partial charge in [-0.1, -0.05) is 13.8 Å². The van der Waals surface area contributed by atoms with Crippen molar-refractivity contribution < 1.29 is 4.79 Å². The minimum absolute atomic E-state index is 0.220. The van der Waals surface area contributed by atoms with Crippen molar-refractivity contribution >= 4 is 49.0 Å². The molecule has 0 aliphatic carbocycles. The summed E-state index contributed by atoms with van der Waals surface area (Å²) < 4.78 is 1.85. The molecule has 0 N–H and O–H groups in total. The second-order valence-electron chi connectivity index (χ2n) is 3.25. The Morgan fingerprint density at radius 2 is 2.15 bits per heavy atom. The summed E-state index contributed by atoms with van der Waals surface area (Å²) >= 11 is 8.23. The maximum atomic E-state index is 11.6. The quantitative estimate of drug-likeness (QED) is 0.748. The van der Waals surface area contributed by atoms with E-state index < -0.39 is 0 Å². The summed E-state index contributed by atoms with van der Waals surface area (Å²) in [6, 6.07) is 0. The smallest absolute Gasteiger partial charge is 0.174 e. The fourth-order valence-electron chi connectivity index (χ4n) is 0.974. The summed E-state index contributed by atoms with van der Waals surface area (Å²) in [5.74, 6) is 0.637. The molecule has 0 bridgehead atoms. The van der Waals surface area contributed by atoms with Crippen molar-refractivity contribution in [2.24, 2.45) is 5.92 Å². The summed E-state index contributed by atoms with van der Waals surface area (Å²) in [5, 5.41) is 1.93. The van der Waals surface area contributed by atoms with Crippen LogP contribution in [0.15, 0.2) is 14.3 Å². The Morgan fingerprint density at radius 3 is 2.54 bits per heavy atom. The second-order valence-corrected chi connectivity index (χ2v) is 5.77. The Kier molecular flexibility index (Phi) is 4.13. The van der Waals surface area contributed by atoms with Crippen LogP contribution in [0.1, 0.15) is 29.9 Å². The molecule has 4 heteroatoms. The molecule has 0 unspecified atom stereocenters. The van der Waals surface area contributed by atoms with Gasteiger partial charge in [-0.3, -0.25) is 4.79 Å². The number of halogens is 2. The van der Waals surface area contributed by atoms with Gasteiger partial charge in [0.05, 0.1) is 9.35 Å². The van der Waals surface area contributed by atoms with Gasteiger partial charge in [-0.15, -0.1) is 11.3 Å². The molecule has 0 radical (unpaired) electrons. The number of rotatable bonds is 3. The maximum Gasteiger partial charge on any atom is 0.174 e. The molecule has 72 valence electrons. The zero-order valence-corrected chi connectivity index (χ0v) is 11.4. The van der Waals surface area contributed by atoms with Crippen molar-refractivity contribution in [1.29, 1.82) is 0 Å². The molecule has 1 aromatic rings. The molecular weight excluding hydrogens is 316 g/mol. The van der Waals surface area contributed by atoms with Crippen LogP contribution in [0.4, 0.5) is 0 Å². The number of carbonyl (C=O) groups is 1. The third kappa shape index (κ3) is 2.89. The minimum Gasteiger partial charge on any atom is -0.293 e. The van der Waals surface area contributed by atoms with E-state index in [0.717, 1.165) is 13.8 Å². The summed E-state index contributed by atoms with van der Waals surface area (Å²) in [6.07, 6.45) is 0.617. The highest BCUT2D eigenvalue weighted by atomic mass is 79.9. The molecule has 0 spiro atoms. The fourth-order valence-corrected chi connectivity index (χ4v) is 3.12. The van der Waals surface area contributed by atoms with Crippen LogP contribution >= 0.6 is 43.2 Å². The molecule has 0 fully saturated rings. The fraction of sp³-hybridized carbons (Fsp3) is 0.444. The maximum absolute atomic E-state index is 11.6. The van der Waals surface area contributed by atoms with Gasteiger partial charge < -0.3 is 0 Å². The van der Waals surface area contributed by atoms with Gasteiger partial charge in [0.1, 0.15) is 0 Å². The number of carbonyl (C=O) groups excluding carboxylic acids is 1. The number of hydrogen-bond acceptors (Lipinski definition) is 2. The lowest BCUT2D eigenvalue weighted by molar-refractivity contribution is 0.0971.